The number of hydrogen-bond donors (Lipinski definition) is 1. The molecular formula is C13H14ClN3O2. The number of rotatable bonds is 1. The number of aromatic amines is 1. The summed E-state index contributed by atoms with van der Waals surface area (Å²) in [6.45, 7) is 4.70. The van der Waals surface area contributed by atoms with E-state index in [4.69, 9.17) is 16.3 Å². The highest BCUT2D eigenvalue weighted by molar-refractivity contribution is 6.37. The standard InChI is InChI=1S/C13H14ClN3O2/c1-8-13(18)16-9-2-3-10(11(14)12(9)15-8)17-4-6-19-7-5-17/h2-3H,4-7H2,1H3,(H,16,18). The highest BCUT2D eigenvalue weighted by atomic mass is 35.5. The van der Waals surface area contributed by atoms with Crippen LogP contribution in [-0.2, 0) is 4.74 Å². The molecule has 6 heteroatoms. The van der Waals surface area contributed by atoms with Crippen molar-refractivity contribution < 1.29 is 4.74 Å². The summed E-state index contributed by atoms with van der Waals surface area (Å²) in [5.74, 6) is 0. The van der Waals surface area contributed by atoms with Gasteiger partial charge in [0.2, 0.25) is 0 Å². The Labute approximate surface area is 115 Å². The van der Waals surface area contributed by atoms with Crippen molar-refractivity contribution >= 4 is 28.3 Å². The van der Waals surface area contributed by atoms with E-state index in [1.807, 2.05) is 12.1 Å². The molecule has 0 unspecified atom stereocenters. The zero-order valence-corrected chi connectivity index (χ0v) is 11.3. The van der Waals surface area contributed by atoms with Crippen LogP contribution in [0.25, 0.3) is 11.0 Å². The number of nitrogens with one attached hydrogen (secondary N) is 1. The number of nitrogens with zero attached hydrogens (tertiary/aromatic N) is 2. The van der Waals surface area contributed by atoms with Gasteiger partial charge in [-0.25, -0.2) is 4.98 Å². The van der Waals surface area contributed by atoms with Gasteiger partial charge in [0.1, 0.15) is 11.2 Å². The molecule has 1 aromatic heterocycles. The van der Waals surface area contributed by atoms with Crippen LogP contribution in [0.2, 0.25) is 5.02 Å². The molecule has 100 valence electrons. The summed E-state index contributed by atoms with van der Waals surface area (Å²) in [5, 5.41) is 0.582. The van der Waals surface area contributed by atoms with Crippen LogP contribution in [0.4, 0.5) is 5.69 Å². The first-order valence-electron chi connectivity index (χ1n) is 6.18. The van der Waals surface area contributed by atoms with E-state index in [1.54, 1.807) is 6.92 Å². The molecule has 5 nitrogen and oxygen atoms in total. The lowest BCUT2D eigenvalue weighted by Gasteiger charge is -2.29. The van der Waals surface area contributed by atoms with Crippen molar-refractivity contribution in [2.24, 2.45) is 0 Å². The van der Waals surface area contributed by atoms with Crippen molar-refractivity contribution in [3.8, 4) is 0 Å². The van der Waals surface area contributed by atoms with Crippen LogP contribution < -0.4 is 10.5 Å². The van der Waals surface area contributed by atoms with E-state index in [1.165, 1.54) is 0 Å². The summed E-state index contributed by atoms with van der Waals surface area (Å²) in [5.41, 5.74) is 2.49. The molecule has 0 saturated carbocycles. The minimum atomic E-state index is -0.178. The molecule has 1 saturated heterocycles. The summed E-state index contributed by atoms with van der Waals surface area (Å²) < 4.78 is 5.34. The third-order valence-corrected chi connectivity index (χ3v) is 3.68. The van der Waals surface area contributed by atoms with Crippen molar-refractivity contribution in [2.75, 3.05) is 31.2 Å². The van der Waals surface area contributed by atoms with E-state index in [9.17, 15) is 4.79 Å². The third-order valence-electron chi connectivity index (χ3n) is 3.30. The van der Waals surface area contributed by atoms with Crippen LogP contribution in [0.5, 0.6) is 0 Å². The van der Waals surface area contributed by atoms with Gasteiger partial charge < -0.3 is 14.6 Å². The molecule has 0 atom stereocenters. The van der Waals surface area contributed by atoms with Crippen LogP contribution in [0, 0.1) is 6.92 Å². The molecule has 2 heterocycles. The quantitative estimate of drug-likeness (QED) is 0.864. The Morgan fingerprint density at radius 3 is 2.84 bits per heavy atom. The zero-order valence-electron chi connectivity index (χ0n) is 10.6. The molecule has 0 aliphatic carbocycles. The zero-order chi connectivity index (χ0) is 13.4. The maximum absolute atomic E-state index is 11.5. The van der Waals surface area contributed by atoms with Gasteiger partial charge in [-0.3, -0.25) is 4.79 Å². The molecule has 1 N–H and O–H groups in total. The Balaban J connectivity index is 2.14. The topological polar surface area (TPSA) is 58.2 Å². The number of H-pyrrole nitrogens is 1. The number of aromatic nitrogens is 2. The second-order valence-corrected chi connectivity index (χ2v) is 4.92. The number of benzene rings is 1. The van der Waals surface area contributed by atoms with Crippen molar-refractivity contribution in [3.63, 3.8) is 0 Å². The molecule has 1 aromatic carbocycles. The SMILES string of the molecule is Cc1nc2c(Cl)c(N3CCOCC3)ccc2[nH]c1=O. The highest BCUT2D eigenvalue weighted by Crippen LogP contribution is 2.31. The smallest absolute Gasteiger partial charge is 0.269 e. The molecule has 0 amide bonds. The number of hydrogen-bond acceptors (Lipinski definition) is 4. The molecule has 1 fully saturated rings. The second-order valence-electron chi connectivity index (χ2n) is 4.55. The molecule has 0 radical (unpaired) electrons. The fraction of sp³-hybridized carbons (Fsp3) is 0.385. The van der Waals surface area contributed by atoms with Gasteiger partial charge in [0.15, 0.2) is 0 Å². The predicted octanol–water partition coefficient (Wildman–Crippen LogP) is 1.72. The average molecular weight is 280 g/mol. The van der Waals surface area contributed by atoms with Crippen molar-refractivity contribution in [3.05, 3.63) is 33.2 Å². The van der Waals surface area contributed by atoms with Gasteiger partial charge in [-0.05, 0) is 19.1 Å². The first-order valence-corrected chi connectivity index (χ1v) is 6.56. The monoisotopic (exact) mass is 279 g/mol. The summed E-state index contributed by atoms with van der Waals surface area (Å²) in [4.78, 5) is 20.8. The van der Waals surface area contributed by atoms with E-state index in [0.29, 0.717) is 35.0 Å². The summed E-state index contributed by atoms with van der Waals surface area (Å²) in [7, 11) is 0. The fourth-order valence-electron chi connectivity index (χ4n) is 2.24. The summed E-state index contributed by atoms with van der Waals surface area (Å²) in [6.07, 6.45) is 0. The maximum atomic E-state index is 11.5. The van der Waals surface area contributed by atoms with Gasteiger partial charge in [-0.15, -0.1) is 0 Å². The van der Waals surface area contributed by atoms with Gasteiger partial charge in [-0.1, -0.05) is 11.6 Å². The van der Waals surface area contributed by atoms with E-state index in [-0.39, 0.29) is 5.56 Å². The number of morpholine rings is 1. The third kappa shape index (κ3) is 2.19. The lowest BCUT2D eigenvalue weighted by molar-refractivity contribution is 0.122. The number of fused-ring (bicyclic) bond motifs is 1. The van der Waals surface area contributed by atoms with Gasteiger partial charge >= 0.3 is 0 Å². The van der Waals surface area contributed by atoms with Gasteiger partial charge in [0.05, 0.1) is 29.4 Å². The largest absolute Gasteiger partial charge is 0.378 e. The molecule has 0 spiro atoms. The Bertz CT molecular complexity index is 677. The maximum Gasteiger partial charge on any atom is 0.269 e. The predicted molar refractivity (Wildman–Crippen MR) is 75.1 cm³/mol. The minimum absolute atomic E-state index is 0.178. The van der Waals surface area contributed by atoms with Crippen molar-refractivity contribution in [1.29, 1.82) is 0 Å². The van der Waals surface area contributed by atoms with Crippen LogP contribution in [-0.4, -0.2) is 36.3 Å². The second kappa shape index (κ2) is 4.83. The van der Waals surface area contributed by atoms with Crippen molar-refractivity contribution in [2.45, 2.75) is 6.92 Å². The molecule has 0 bridgehead atoms. The lowest BCUT2D eigenvalue weighted by atomic mass is 10.2. The fourth-order valence-corrected chi connectivity index (χ4v) is 2.57. The van der Waals surface area contributed by atoms with Gasteiger partial charge in [0.25, 0.3) is 5.56 Å². The van der Waals surface area contributed by atoms with Gasteiger partial charge in [0, 0.05) is 13.1 Å². The molecule has 2 aromatic rings. The Morgan fingerprint density at radius 1 is 1.37 bits per heavy atom. The van der Waals surface area contributed by atoms with E-state index >= 15 is 0 Å². The number of anilines is 1. The minimum Gasteiger partial charge on any atom is -0.378 e. The van der Waals surface area contributed by atoms with E-state index < -0.39 is 0 Å². The van der Waals surface area contributed by atoms with Gasteiger partial charge in [-0.2, -0.15) is 0 Å². The normalized spacial score (nSPS) is 16.0. The summed E-state index contributed by atoms with van der Waals surface area (Å²) in [6, 6.07) is 3.77. The first-order chi connectivity index (χ1) is 9.16. The molecule has 19 heavy (non-hydrogen) atoms. The Morgan fingerprint density at radius 2 is 2.11 bits per heavy atom. The number of halogens is 1. The van der Waals surface area contributed by atoms with Crippen LogP contribution in [0.15, 0.2) is 16.9 Å². The molecule has 1 aliphatic rings. The Hall–Kier alpha value is -1.59. The van der Waals surface area contributed by atoms with Crippen LogP contribution in [0.1, 0.15) is 5.69 Å². The number of aryl methyl sites for hydroxylation is 1. The highest BCUT2D eigenvalue weighted by Gasteiger charge is 2.17. The Kier molecular flexibility index (Phi) is 3.16. The molecule has 3 rings (SSSR count). The first kappa shape index (κ1) is 12.4. The molecule has 1 aliphatic heterocycles. The van der Waals surface area contributed by atoms with Crippen LogP contribution in [0.3, 0.4) is 0 Å². The van der Waals surface area contributed by atoms with E-state index in [2.05, 4.69) is 14.9 Å². The average Bonchev–Trinajstić information content (AvgIpc) is 2.42. The van der Waals surface area contributed by atoms with E-state index in [0.717, 1.165) is 18.8 Å². The van der Waals surface area contributed by atoms with Crippen molar-refractivity contribution in [1.82, 2.24) is 9.97 Å². The lowest BCUT2D eigenvalue weighted by Crippen LogP contribution is -2.36. The summed E-state index contributed by atoms with van der Waals surface area (Å²) >= 11 is 6.43. The molecular weight excluding hydrogens is 266 g/mol. The van der Waals surface area contributed by atoms with Crippen LogP contribution >= 0.6 is 11.6 Å². The number of ether oxygens (including phenoxy) is 1.